The van der Waals surface area contributed by atoms with Crippen LogP contribution in [0, 0.1) is 20.2 Å². The lowest BCUT2D eigenvalue weighted by atomic mass is 10.0. The normalized spacial score (nSPS) is 13.3. The lowest BCUT2D eigenvalue weighted by Crippen LogP contribution is -2.04. The van der Waals surface area contributed by atoms with Crippen LogP contribution in [0.3, 0.4) is 0 Å². The van der Waals surface area contributed by atoms with Crippen molar-refractivity contribution >= 4 is 166 Å². The molecular formula is C42H27N11O28S7. The highest BCUT2D eigenvalue weighted by Gasteiger charge is 2.32. The third-order valence-electron chi connectivity index (χ3n) is 11.8. The highest BCUT2D eigenvalue weighted by Crippen LogP contribution is 2.51. The van der Waals surface area contributed by atoms with Crippen molar-refractivity contribution < 1.29 is 116 Å². The van der Waals surface area contributed by atoms with Crippen molar-refractivity contribution in [1.82, 2.24) is 0 Å². The molecule has 0 bridgehead atoms. The first-order valence-corrected chi connectivity index (χ1v) is 32.3. The number of hydrogen-bond acceptors (Lipinski definition) is 30. The number of benzene rings is 8. The van der Waals surface area contributed by atoms with Crippen LogP contribution in [0.25, 0.3) is 32.3 Å². The van der Waals surface area contributed by atoms with Crippen LogP contribution in [0.15, 0.2) is 166 Å². The number of azo groups is 4. The number of phenols is 3. The minimum absolute atomic E-state index is 0.202. The molecule has 0 unspecified atom stereocenters. The summed E-state index contributed by atoms with van der Waals surface area (Å²) in [5.74, 6) is -4.20. The molecule has 8 aromatic rings. The molecule has 39 nitrogen and oxygen atoms in total. The molecule has 46 heteroatoms. The third-order valence-corrected chi connectivity index (χ3v) is 18.0. The summed E-state index contributed by atoms with van der Waals surface area (Å²) in [6.45, 7) is 0. The third kappa shape index (κ3) is 12.7. The molecule has 0 aliphatic carbocycles. The number of rotatable bonds is 17. The van der Waals surface area contributed by atoms with Crippen LogP contribution in [0.4, 0.5) is 62.6 Å². The number of nitro benzene ring substituents is 2. The van der Waals surface area contributed by atoms with Gasteiger partial charge in [-0.2, -0.15) is 64.0 Å². The van der Waals surface area contributed by atoms with Gasteiger partial charge in [-0.1, -0.05) is 6.07 Å². The second kappa shape index (κ2) is 22.2. The quantitative estimate of drug-likeness (QED) is 0.0135. The minimum Gasteiger partial charge on any atom is -0.505 e. The van der Waals surface area contributed by atoms with Crippen molar-refractivity contribution in [1.29, 1.82) is 0 Å². The van der Waals surface area contributed by atoms with Crippen molar-refractivity contribution in [2.75, 3.05) is 5.73 Å². The average molecular weight is 1360 g/mol. The molecule has 88 heavy (non-hydrogen) atoms. The summed E-state index contributed by atoms with van der Waals surface area (Å²) >= 11 is 0. The summed E-state index contributed by atoms with van der Waals surface area (Å²) in [5.41, 5.74) is -4.55. The van der Waals surface area contributed by atoms with Crippen LogP contribution in [0.2, 0.25) is 0 Å². The van der Waals surface area contributed by atoms with E-state index in [1.165, 1.54) is 0 Å². The van der Waals surface area contributed by atoms with Crippen LogP contribution in [-0.4, -0.2) is 116 Å². The zero-order valence-electron chi connectivity index (χ0n) is 41.9. The maximum Gasteiger partial charge on any atom is 0.297 e. The summed E-state index contributed by atoms with van der Waals surface area (Å²) < 4.78 is 247. The van der Waals surface area contributed by atoms with Crippen LogP contribution >= 0.6 is 0 Å². The standard InChI is InChI=1S/C42H27N11O28S7/c43-35-27(48-44-17-2-1-16-9-31(85(70,71)72)36(40(55)21(16)10-17)49-45-24-6-3-18(52(57)58)11-29(24)83(64,65)66)15-28(82(61,62)63)23-14-33(87(76,77)78)38(41(56)34(23)35)51-47-26-8-5-20-22(42(26)88(79,80)81)13-32(86(73,74)75)37(39(20)54)50-46-25-7-4-19(53(59)60)12-30(25)84(67,68)69/h1-15,54-56H,43H2,(H,61,62,63)(H,64,65,66)(H,67,68,69)(H,70,71,72)(H,73,74,75)(H,76,77,78)(H,79,80,81). The Morgan fingerprint density at radius 3 is 1.19 bits per heavy atom. The maximum absolute atomic E-state index is 13.1. The SMILES string of the molecule is Nc1c(N=Nc2ccc3cc(S(=O)(=O)O)c(N=Nc4ccc([N+](=O)[O-])cc4S(=O)(=O)O)c(O)c3c2)cc(S(=O)(=O)O)c2cc(S(=O)(=O)O)c(N=Nc3ccc4c(O)c(N=Nc5ccc([N+](=O)[O-])cc5S(=O)(=O)O)c(S(=O)(=O)O)cc4c3S(=O)(=O)O)c(O)c12. The van der Waals surface area contributed by atoms with E-state index >= 15 is 0 Å². The van der Waals surface area contributed by atoms with E-state index in [4.69, 9.17) is 5.73 Å². The molecule has 8 aromatic carbocycles. The molecule has 0 heterocycles. The summed E-state index contributed by atoms with van der Waals surface area (Å²) in [4.78, 5) is 10.6. The fourth-order valence-electron chi connectivity index (χ4n) is 8.04. The first-order valence-electron chi connectivity index (χ1n) is 22.2. The van der Waals surface area contributed by atoms with E-state index in [-0.39, 0.29) is 17.5 Å². The number of nitro groups is 2. The predicted octanol–water partition coefficient (Wildman–Crippen LogP) is 8.05. The Bertz CT molecular complexity index is 5470. The lowest BCUT2D eigenvalue weighted by Gasteiger charge is -2.15. The van der Waals surface area contributed by atoms with Gasteiger partial charge in [-0.15, -0.1) is 35.8 Å². The fraction of sp³-hybridized carbons (Fsp3) is 0. The van der Waals surface area contributed by atoms with Gasteiger partial charge in [0.05, 0.1) is 26.6 Å². The molecule has 0 radical (unpaired) electrons. The van der Waals surface area contributed by atoms with Gasteiger partial charge in [-0.3, -0.25) is 52.1 Å². The van der Waals surface area contributed by atoms with E-state index in [9.17, 15) is 126 Å². The zero-order valence-corrected chi connectivity index (χ0v) is 47.6. The Balaban J connectivity index is 1.28. The van der Waals surface area contributed by atoms with Crippen LogP contribution in [-0.2, 0) is 70.8 Å². The summed E-state index contributed by atoms with van der Waals surface area (Å²) in [7, 11) is -39.1. The van der Waals surface area contributed by atoms with Crippen molar-refractivity contribution in [3.05, 3.63) is 111 Å². The van der Waals surface area contributed by atoms with Gasteiger partial charge in [0.25, 0.3) is 82.2 Å². The topological polar surface area (TPSA) is 652 Å². The van der Waals surface area contributed by atoms with E-state index < -0.39 is 222 Å². The average Bonchev–Trinajstić information content (AvgIpc) is 0.889. The Hall–Kier alpha value is -9.69. The molecule has 0 aliphatic rings. The van der Waals surface area contributed by atoms with E-state index in [1.54, 1.807) is 0 Å². The van der Waals surface area contributed by atoms with E-state index in [0.29, 0.717) is 60.7 Å². The number of hydrogen-bond donors (Lipinski definition) is 11. The molecule has 0 aromatic heterocycles. The van der Waals surface area contributed by atoms with Gasteiger partial charge < -0.3 is 21.1 Å². The summed E-state index contributed by atoms with van der Waals surface area (Å²) in [6, 6.07) is 9.03. The first-order chi connectivity index (χ1) is 40.4. The largest absolute Gasteiger partial charge is 0.505 e. The van der Waals surface area contributed by atoms with E-state index in [0.717, 1.165) is 18.2 Å². The van der Waals surface area contributed by atoms with Gasteiger partial charge >= 0.3 is 0 Å². The Labute approximate surface area is 488 Å². The summed E-state index contributed by atoms with van der Waals surface area (Å²) in [6.07, 6.45) is 0. The van der Waals surface area contributed by atoms with E-state index in [2.05, 4.69) is 40.9 Å². The highest BCUT2D eigenvalue weighted by atomic mass is 32.2. The van der Waals surface area contributed by atoms with Crippen LogP contribution in [0.1, 0.15) is 0 Å². The van der Waals surface area contributed by atoms with Gasteiger partial charge in [0.2, 0.25) is 0 Å². The van der Waals surface area contributed by atoms with Crippen LogP contribution in [0.5, 0.6) is 17.2 Å². The van der Waals surface area contributed by atoms with Gasteiger partial charge in [-0.05, 0) is 66.0 Å². The number of fused-ring (bicyclic) bond motifs is 3. The second-order valence-electron chi connectivity index (χ2n) is 17.3. The Morgan fingerprint density at radius 1 is 0.352 bits per heavy atom. The number of phenolic OH excluding ortho intramolecular Hbond substituents is 3. The van der Waals surface area contributed by atoms with Gasteiger partial charge in [0, 0.05) is 45.8 Å². The molecule has 0 saturated heterocycles. The molecular weight excluding hydrogens is 1330 g/mol. The van der Waals surface area contributed by atoms with Crippen molar-refractivity contribution in [3.8, 4) is 17.2 Å². The molecule has 0 aliphatic heterocycles. The number of nitrogens with zero attached hydrogens (tertiary/aromatic N) is 10. The smallest absolute Gasteiger partial charge is 0.297 e. The van der Waals surface area contributed by atoms with Crippen molar-refractivity contribution in [2.45, 2.75) is 34.3 Å². The Morgan fingerprint density at radius 2 is 0.750 bits per heavy atom. The molecule has 0 atom stereocenters. The second-order valence-corrected chi connectivity index (χ2v) is 27.0. The molecule has 0 saturated carbocycles. The lowest BCUT2D eigenvalue weighted by molar-refractivity contribution is -0.385. The Kier molecular flexibility index (Phi) is 16.2. The van der Waals surface area contributed by atoms with Crippen molar-refractivity contribution in [2.24, 2.45) is 40.9 Å². The molecule has 12 N–H and O–H groups in total. The van der Waals surface area contributed by atoms with E-state index in [1.807, 2.05) is 0 Å². The predicted molar refractivity (Wildman–Crippen MR) is 293 cm³/mol. The minimum atomic E-state index is -5.85. The highest BCUT2D eigenvalue weighted by molar-refractivity contribution is 7.87. The van der Waals surface area contributed by atoms with Gasteiger partial charge in [0.1, 0.15) is 74.1 Å². The number of aromatic hydroxyl groups is 3. The molecule has 460 valence electrons. The first kappa shape index (κ1) is 64.3. The number of anilines is 1. The van der Waals surface area contributed by atoms with Gasteiger partial charge in [-0.25, -0.2) is 0 Å². The number of nitrogens with two attached hydrogens (primary N) is 1. The molecule has 8 rings (SSSR count). The monoisotopic (exact) mass is 1360 g/mol. The maximum atomic E-state index is 13.1. The summed E-state index contributed by atoms with van der Waals surface area (Å²) in [5, 5.41) is 80.6. The zero-order chi connectivity index (χ0) is 65.5. The fourth-order valence-corrected chi connectivity index (χ4v) is 12.8. The molecule has 0 spiro atoms. The molecule has 0 amide bonds. The van der Waals surface area contributed by atoms with Crippen LogP contribution < -0.4 is 5.73 Å². The number of nitrogen functional groups attached to an aromatic ring is 1. The molecule has 0 fully saturated rings. The van der Waals surface area contributed by atoms with Gasteiger partial charge in [0.15, 0.2) is 17.2 Å². The van der Waals surface area contributed by atoms with Crippen molar-refractivity contribution in [3.63, 3.8) is 0 Å². The number of non-ortho nitro benzene ring substituents is 2.